The molecule has 1 atom stereocenters. The molecule has 4 rings (SSSR count). The number of hydrogen-bond donors (Lipinski definition) is 0. The van der Waals surface area contributed by atoms with Crippen LogP contribution in [0.1, 0.15) is 60.5 Å². The van der Waals surface area contributed by atoms with Crippen molar-refractivity contribution in [2.75, 3.05) is 32.8 Å². The second-order valence-electron chi connectivity index (χ2n) is 8.52. The molecule has 0 saturated heterocycles. The first-order valence-corrected chi connectivity index (χ1v) is 11.8. The summed E-state index contributed by atoms with van der Waals surface area (Å²) in [4.78, 5) is 31.3. The van der Waals surface area contributed by atoms with Gasteiger partial charge >= 0.3 is 0 Å². The Kier molecular flexibility index (Phi) is 6.84. The van der Waals surface area contributed by atoms with Crippen molar-refractivity contribution in [2.45, 2.75) is 40.2 Å². The monoisotopic (exact) mass is 448 g/mol. The van der Waals surface area contributed by atoms with Crippen LogP contribution in [-0.4, -0.2) is 48.5 Å². The van der Waals surface area contributed by atoms with Crippen molar-refractivity contribution in [1.82, 2.24) is 9.80 Å². The number of carbonyl (C=O) groups is 1. The number of hydrogen-bond acceptors (Lipinski definition) is 5. The van der Waals surface area contributed by atoms with Crippen LogP contribution < -0.4 is 10.2 Å². The maximum absolute atomic E-state index is 13.7. The van der Waals surface area contributed by atoms with Crippen LogP contribution in [0, 0.1) is 6.92 Å². The zero-order chi connectivity index (χ0) is 23.5. The van der Waals surface area contributed by atoms with E-state index in [0.29, 0.717) is 29.7 Å². The molecular weight excluding hydrogens is 416 g/mol. The van der Waals surface area contributed by atoms with Crippen LogP contribution in [0.4, 0.5) is 0 Å². The molecule has 0 radical (unpaired) electrons. The van der Waals surface area contributed by atoms with Gasteiger partial charge < -0.3 is 19.0 Å². The fourth-order valence-electron chi connectivity index (χ4n) is 4.49. The normalized spacial score (nSPS) is 15.5. The number of likely N-dealkylation sites (N-methyl/N-ethyl adjacent to an activating group) is 1. The summed E-state index contributed by atoms with van der Waals surface area (Å²) in [6, 6.07) is 12.7. The second kappa shape index (κ2) is 9.79. The molecule has 0 spiro atoms. The van der Waals surface area contributed by atoms with E-state index in [1.807, 2.05) is 43.3 Å². The first-order valence-electron chi connectivity index (χ1n) is 11.8. The maximum Gasteiger partial charge on any atom is 0.290 e. The van der Waals surface area contributed by atoms with Crippen LogP contribution in [0.5, 0.6) is 5.75 Å². The molecule has 6 nitrogen and oxygen atoms in total. The molecular formula is C27H32N2O4. The molecule has 2 aromatic carbocycles. The largest absolute Gasteiger partial charge is 0.494 e. The number of rotatable bonds is 9. The minimum Gasteiger partial charge on any atom is -0.494 e. The van der Waals surface area contributed by atoms with E-state index < -0.39 is 6.04 Å². The van der Waals surface area contributed by atoms with Gasteiger partial charge in [0.2, 0.25) is 5.76 Å². The highest BCUT2D eigenvalue weighted by Gasteiger charge is 2.42. The molecule has 174 valence electrons. The minimum absolute atomic E-state index is 0.140. The van der Waals surface area contributed by atoms with E-state index >= 15 is 0 Å². The summed E-state index contributed by atoms with van der Waals surface area (Å²) < 4.78 is 11.9. The lowest BCUT2D eigenvalue weighted by Gasteiger charge is -2.28. The predicted molar refractivity (Wildman–Crippen MR) is 130 cm³/mol. The third kappa shape index (κ3) is 4.40. The molecule has 1 aliphatic rings. The van der Waals surface area contributed by atoms with E-state index in [0.717, 1.165) is 42.9 Å². The van der Waals surface area contributed by atoms with Crippen LogP contribution in [0.3, 0.4) is 0 Å². The molecule has 6 heteroatoms. The van der Waals surface area contributed by atoms with Crippen LogP contribution in [0.2, 0.25) is 0 Å². The number of benzene rings is 2. The zero-order valence-electron chi connectivity index (χ0n) is 19.9. The molecule has 1 aromatic heterocycles. The van der Waals surface area contributed by atoms with E-state index in [4.69, 9.17) is 9.15 Å². The Labute approximate surface area is 194 Å². The van der Waals surface area contributed by atoms with Crippen molar-refractivity contribution in [2.24, 2.45) is 0 Å². The molecule has 1 amide bonds. The minimum atomic E-state index is -0.505. The number of amides is 1. The van der Waals surface area contributed by atoms with Crippen molar-refractivity contribution < 1.29 is 13.9 Å². The Morgan fingerprint density at radius 2 is 1.85 bits per heavy atom. The highest BCUT2D eigenvalue weighted by atomic mass is 16.5. The molecule has 2 heterocycles. The third-order valence-electron chi connectivity index (χ3n) is 6.32. The van der Waals surface area contributed by atoms with Crippen molar-refractivity contribution in [3.8, 4) is 5.75 Å². The fourth-order valence-corrected chi connectivity index (χ4v) is 4.49. The van der Waals surface area contributed by atoms with Gasteiger partial charge in [-0.3, -0.25) is 9.59 Å². The van der Waals surface area contributed by atoms with E-state index in [2.05, 4.69) is 25.7 Å². The zero-order valence-corrected chi connectivity index (χ0v) is 19.9. The number of nitrogens with zero attached hydrogens (tertiary/aromatic N) is 2. The van der Waals surface area contributed by atoms with Crippen molar-refractivity contribution >= 4 is 16.9 Å². The first-order chi connectivity index (χ1) is 16.0. The van der Waals surface area contributed by atoms with Gasteiger partial charge in [-0.15, -0.1) is 0 Å². The van der Waals surface area contributed by atoms with Gasteiger partial charge in [-0.2, -0.15) is 0 Å². The molecule has 0 fully saturated rings. The number of ether oxygens (including phenoxy) is 1. The lowest BCUT2D eigenvalue weighted by atomic mass is 9.98. The van der Waals surface area contributed by atoms with Crippen LogP contribution in [-0.2, 0) is 0 Å². The Morgan fingerprint density at radius 1 is 1.06 bits per heavy atom. The topological polar surface area (TPSA) is 63.0 Å². The maximum atomic E-state index is 13.7. The van der Waals surface area contributed by atoms with Gasteiger partial charge in [0.25, 0.3) is 5.91 Å². The summed E-state index contributed by atoms with van der Waals surface area (Å²) in [5, 5.41) is 0.510. The van der Waals surface area contributed by atoms with E-state index in [1.165, 1.54) is 0 Å². The number of fused-ring (bicyclic) bond motifs is 2. The summed E-state index contributed by atoms with van der Waals surface area (Å²) in [6.45, 7) is 11.9. The van der Waals surface area contributed by atoms with Gasteiger partial charge in [0, 0.05) is 13.1 Å². The van der Waals surface area contributed by atoms with Gasteiger partial charge in [0.1, 0.15) is 11.3 Å². The highest BCUT2D eigenvalue weighted by molar-refractivity contribution is 5.99. The highest BCUT2D eigenvalue weighted by Crippen LogP contribution is 2.39. The molecule has 0 unspecified atom stereocenters. The summed E-state index contributed by atoms with van der Waals surface area (Å²) in [5.74, 6) is 0.655. The van der Waals surface area contributed by atoms with Gasteiger partial charge in [-0.1, -0.05) is 44.5 Å². The Bertz CT molecular complexity index is 1210. The Morgan fingerprint density at radius 3 is 2.58 bits per heavy atom. The van der Waals surface area contributed by atoms with Gasteiger partial charge in [0.05, 0.1) is 23.6 Å². The van der Waals surface area contributed by atoms with Crippen LogP contribution in [0.15, 0.2) is 51.7 Å². The molecule has 3 aromatic rings. The average Bonchev–Trinajstić information content (AvgIpc) is 3.11. The van der Waals surface area contributed by atoms with Crippen molar-refractivity contribution in [1.29, 1.82) is 0 Å². The van der Waals surface area contributed by atoms with Crippen LogP contribution in [0.25, 0.3) is 11.0 Å². The fraction of sp³-hybridized carbons (Fsp3) is 0.407. The number of carbonyl (C=O) groups excluding carboxylic acids is 1. The Hall–Kier alpha value is -3.12. The van der Waals surface area contributed by atoms with Crippen molar-refractivity contribution in [3.05, 3.63) is 75.1 Å². The van der Waals surface area contributed by atoms with Gasteiger partial charge in [-0.05, 0) is 56.3 Å². The van der Waals surface area contributed by atoms with E-state index in [1.54, 1.807) is 11.0 Å². The van der Waals surface area contributed by atoms with Crippen molar-refractivity contribution in [3.63, 3.8) is 0 Å². The quantitative estimate of drug-likeness (QED) is 0.472. The smallest absolute Gasteiger partial charge is 0.290 e. The molecule has 0 aliphatic carbocycles. The summed E-state index contributed by atoms with van der Waals surface area (Å²) in [6.07, 6.45) is 0.903. The molecule has 0 saturated carbocycles. The third-order valence-corrected chi connectivity index (χ3v) is 6.32. The standard InChI is InChI=1S/C27H32N2O4/c1-5-15-32-20-10-8-9-19(17-20)24-23-25(30)21-16-18(4)11-12-22(21)33-26(23)27(31)29(24)14-13-28(6-2)7-3/h8-12,16-17,24H,5-7,13-15H2,1-4H3/t24-/m0/s1. The van der Waals surface area contributed by atoms with E-state index in [9.17, 15) is 9.59 Å². The number of aryl methyl sites for hydroxylation is 1. The molecule has 1 aliphatic heterocycles. The first kappa shape index (κ1) is 23.1. The molecule has 0 N–H and O–H groups in total. The predicted octanol–water partition coefficient (Wildman–Crippen LogP) is 4.78. The lowest BCUT2D eigenvalue weighted by molar-refractivity contribution is 0.0708. The molecule has 0 bridgehead atoms. The van der Waals surface area contributed by atoms with Crippen LogP contribution >= 0.6 is 0 Å². The molecule has 33 heavy (non-hydrogen) atoms. The van der Waals surface area contributed by atoms with E-state index in [-0.39, 0.29) is 17.1 Å². The Balaban J connectivity index is 1.85. The average molecular weight is 449 g/mol. The lowest BCUT2D eigenvalue weighted by Crippen LogP contribution is -2.37. The second-order valence-corrected chi connectivity index (χ2v) is 8.52. The summed E-state index contributed by atoms with van der Waals surface area (Å²) in [5.41, 5.74) is 2.56. The SMILES string of the molecule is CCCOc1cccc([C@H]2c3c(oc4ccc(C)cc4c3=O)C(=O)N2CCN(CC)CC)c1. The summed E-state index contributed by atoms with van der Waals surface area (Å²) in [7, 11) is 0. The summed E-state index contributed by atoms with van der Waals surface area (Å²) >= 11 is 0. The van der Waals surface area contributed by atoms with Gasteiger partial charge in [-0.25, -0.2) is 0 Å². The van der Waals surface area contributed by atoms with Gasteiger partial charge in [0.15, 0.2) is 5.43 Å².